The van der Waals surface area contributed by atoms with Crippen molar-refractivity contribution in [1.82, 2.24) is 9.88 Å². The van der Waals surface area contributed by atoms with Crippen LogP contribution in [0.2, 0.25) is 0 Å². The number of aromatic amines is 1. The van der Waals surface area contributed by atoms with Gasteiger partial charge in [-0.05, 0) is 41.3 Å². The second-order valence-electron chi connectivity index (χ2n) is 6.80. The van der Waals surface area contributed by atoms with Crippen LogP contribution in [0.4, 0.5) is 5.69 Å². The van der Waals surface area contributed by atoms with E-state index in [1.54, 1.807) is 19.1 Å². The number of rotatable bonds is 4. The van der Waals surface area contributed by atoms with E-state index >= 15 is 0 Å². The molecule has 2 amide bonds. The quantitative estimate of drug-likeness (QED) is 0.747. The lowest BCUT2D eigenvalue weighted by molar-refractivity contribution is -0.127. The van der Waals surface area contributed by atoms with E-state index in [1.165, 1.54) is 0 Å². The van der Waals surface area contributed by atoms with Crippen LogP contribution < -0.4 is 10.1 Å². The van der Waals surface area contributed by atoms with Crippen LogP contribution in [0.15, 0.2) is 54.7 Å². The van der Waals surface area contributed by atoms with Crippen LogP contribution in [0, 0.1) is 5.92 Å². The number of H-pyrrole nitrogens is 1. The van der Waals surface area contributed by atoms with Gasteiger partial charge in [0, 0.05) is 30.9 Å². The Hall–Kier alpha value is -3.28. The average Bonchev–Trinajstić information content (AvgIpc) is 3.26. The lowest BCUT2D eigenvalue weighted by Gasteiger charge is -2.25. The summed E-state index contributed by atoms with van der Waals surface area (Å²) in [7, 11) is 3.35. The first-order valence-electron chi connectivity index (χ1n) is 8.84. The number of ether oxygens (including phenoxy) is 1. The standard InChI is InChI=1S/C21H21N3O3/c1-24-19(25)12-17(20(24)14-4-7-16(27-2)8-5-14)21(26)23-15-6-3-13-9-10-22-18(13)11-15/h3-11,17,20,22H,12H2,1-2H3,(H,23,26)/t17-,20-/m0/s1. The van der Waals surface area contributed by atoms with Crippen molar-refractivity contribution >= 4 is 28.4 Å². The van der Waals surface area contributed by atoms with Crippen molar-refractivity contribution in [3.05, 3.63) is 60.3 Å². The summed E-state index contributed by atoms with van der Waals surface area (Å²) in [4.78, 5) is 30.1. The number of hydrogen-bond donors (Lipinski definition) is 2. The zero-order valence-electron chi connectivity index (χ0n) is 15.2. The minimum Gasteiger partial charge on any atom is -0.497 e. The smallest absolute Gasteiger partial charge is 0.230 e. The molecule has 1 aliphatic heterocycles. The van der Waals surface area contributed by atoms with Crippen molar-refractivity contribution in [2.45, 2.75) is 12.5 Å². The Morgan fingerprint density at radius 3 is 2.70 bits per heavy atom. The molecule has 2 aromatic carbocycles. The molecule has 1 aromatic heterocycles. The number of nitrogens with one attached hydrogen (secondary N) is 2. The second-order valence-corrected chi connectivity index (χ2v) is 6.80. The molecule has 27 heavy (non-hydrogen) atoms. The normalized spacial score (nSPS) is 19.5. The van der Waals surface area contributed by atoms with Gasteiger partial charge in [0.25, 0.3) is 0 Å². The second kappa shape index (κ2) is 6.79. The van der Waals surface area contributed by atoms with Crippen LogP contribution in [0.5, 0.6) is 5.75 Å². The third-order valence-electron chi connectivity index (χ3n) is 5.20. The van der Waals surface area contributed by atoms with Gasteiger partial charge < -0.3 is 19.9 Å². The number of aromatic nitrogens is 1. The summed E-state index contributed by atoms with van der Waals surface area (Å²) in [5, 5.41) is 4.05. The number of carbonyl (C=O) groups is 2. The van der Waals surface area contributed by atoms with Crippen LogP contribution in [0.25, 0.3) is 10.9 Å². The number of fused-ring (bicyclic) bond motifs is 1. The van der Waals surface area contributed by atoms with Crippen LogP contribution in [-0.4, -0.2) is 35.9 Å². The molecular formula is C21H21N3O3. The zero-order valence-corrected chi connectivity index (χ0v) is 15.2. The number of hydrogen-bond acceptors (Lipinski definition) is 3. The summed E-state index contributed by atoms with van der Waals surface area (Å²) in [6.45, 7) is 0. The summed E-state index contributed by atoms with van der Waals surface area (Å²) >= 11 is 0. The fraction of sp³-hybridized carbons (Fsp3) is 0.238. The van der Waals surface area contributed by atoms with Gasteiger partial charge in [0.05, 0.1) is 19.1 Å². The minimum atomic E-state index is -0.449. The number of carbonyl (C=O) groups excluding carboxylic acids is 2. The van der Waals surface area contributed by atoms with Crippen LogP contribution >= 0.6 is 0 Å². The molecule has 1 aliphatic rings. The highest BCUT2D eigenvalue weighted by Gasteiger charge is 2.42. The van der Waals surface area contributed by atoms with E-state index in [-0.39, 0.29) is 24.3 Å². The molecule has 1 fully saturated rings. The van der Waals surface area contributed by atoms with Gasteiger partial charge in [0.1, 0.15) is 5.75 Å². The number of benzene rings is 2. The van der Waals surface area contributed by atoms with Crippen molar-refractivity contribution in [2.75, 3.05) is 19.5 Å². The van der Waals surface area contributed by atoms with E-state index in [1.807, 2.05) is 54.7 Å². The van der Waals surface area contributed by atoms with Gasteiger partial charge in [0.15, 0.2) is 0 Å². The molecule has 2 heterocycles. The van der Waals surface area contributed by atoms with Gasteiger partial charge in [0.2, 0.25) is 11.8 Å². The molecule has 0 radical (unpaired) electrons. The van der Waals surface area contributed by atoms with E-state index in [2.05, 4.69) is 10.3 Å². The highest BCUT2D eigenvalue weighted by atomic mass is 16.5. The van der Waals surface area contributed by atoms with Gasteiger partial charge in [-0.2, -0.15) is 0 Å². The first kappa shape index (κ1) is 17.1. The van der Waals surface area contributed by atoms with Crippen molar-refractivity contribution in [3.63, 3.8) is 0 Å². The van der Waals surface area contributed by atoms with Crippen molar-refractivity contribution < 1.29 is 14.3 Å². The zero-order chi connectivity index (χ0) is 19.0. The summed E-state index contributed by atoms with van der Waals surface area (Å²) < 4.78 is 5.20. The van der Waals surface area contributed by atoms with Crippen LogP contribution in [-0.2, 0) is 9.59 Å². The Kier molecular flexibility index (Phi) is 4.32. The Morgan fingerprint density at radius 2 is 1.96 bits per heavy atom. The number of methoxy groups -OCH3 is 1. The molecule has 1 saturated heterocycles. The van der Waals surface area contributed by atoms with E-state index in [0.717, 1.165) is 22.2 Å². The first-order chi connectivity index (χ1) is 13.1. The van der Waals surface area contributed by atoms with E-state index in [9.17, 15) is 9.59 Å². The van der Waals surface area contributed by atoms with E-state index < -0.39 is 5.92 Å². The summed E-state index contributed by atoms with van der Waals surface area (Å²) in [5.41, 5.74) is 2.59. The van der Waals surface area contributed by atoms with Crippen molar-refractivity contribution in [3.8, 4) is 5.75 Å². The molecule has 0 saturated carbocycles. The monoisotopic (exact) mass is 363 g/mol. The maximum atomic E-state index is 13.0. The van der Waals surface area contributed by atoms with E-state index in [0.29, 0.717) is 5.69 Å². The lowest BCUT2D eigenvalue weighted by atomic mass is 9.92. The van der Waals surface area contributed by atoms with Gasteiger partial charge in [-0.25, -0.2) is 0 Å². The van der Waals surface area contributed by atoms with Crippen molar-refractivity contribution in [2.24, 2.45) is 5.92 Å². The van der Waals surface area contributed by atoms with Crippen LogP contribution in [0.3, 0.4) is 0 Å². The van der Waals surface area contributed by atoms with Gasteiger partial charge >= 0.3 is 0 Å². The van der Waals surface area contributed by atoms with E-state index in [4.69, 9.17) is 4.74 Å². The molecule has 0 unspecified atom stereocenters. The SMILES string of the molecule is COc1ccc([C@H]2[C@@H](C(=O)Nc3ccc4cc[nH]c4c3)CC(=O)N2C)cc1. The summed E-state index contributed by atoms with van der Waals surface area (Å²) in [6, 6.07) is 14.9. The third kappa shape index (κ3) is 3.14. The molecule has 6 heteroatoms. The molecular weight excluding hydrogens is 342 g/mol. The average molecular weight is 363 g/mol. The Bertz CT molecular complexity index is 993. The lowest BCUT2D eigenvalue weighted by Crippen LogP contribution is -2.30. The minimum absolute atomic E-state index is 0.0317. The number of anilines is 1. The molecule has 3 aromatic rings. The van der Waals surface area contributed by atoms with Gasteiger partial charge in [-0.1, -0.05) is 18.2 Å². The highest BCUT2D eigenvalue weighted by molar-refractivity contribution is 5.99. The first-order valence-corrected chi connectivity index (χ1v) is 8.84. The Morgan fingerprint density at radius 1 is 1.19 bits per heavy atom. The molecule has 2 N–H and O–H groups in total. The fourth-order valence-corrected chi connectivity index (χ4v) is 3.72. The maximum absolute atomic E-state index is 13.0. The largest absolute Gasteiger partial charge is 0.497 e. The topological polar surface area (TPSA) is 74.4 Å². The van der Waals surface area contributed by atoms with Gasteiger partial charge in [-0.3, -0.25) is 9.59 Å². The summed E-state index contributed by atoms with van der Waals surface area (Å²) in [6.07, 6.45) is 2.06. The summed E-state index contributed by atoms with van der Waals surface area (Å²) in [5.74, 6) is 0.108. The molecule has 0 aliphatic carbocycles. The predicted molar refractivity (Wildman–Crippen MR) is 104 cm³/mol. The Labute approximate surface area is 157 Å². The number of likely N-dealkylation sites (tertiary alicyclic amines) is 1. The maximum Gasteiger partial charge on any atom is 0.230 e. The molecule has 2 atom stereocenters. The van der Waals surface area contributed by atoms with Gasteiger partial charge in [-0.15, -0.1) is 0 Å². The van der Waals surface area contributed by atoms with Crippen molar-refractivity contribution in [1.29, 1.82) is 0 Å². The fourth-order valence-electron chi connectivity index (χ4n) is 3.72. The highest BCUT2D eigenvalue weighted by Crippen LogP contribution is 2.38. The molecule has 138 valence electrons. The third-order valence-corrected chi connectivity index (χ3v) is 5.20. The molecule has 4 rings (SSSR count). The number of amides is 2. The number of nitrogens with zero attached hydrogens (tertiary/aromatic N) is 1. The Balaban J connectivity index is 1.59. The predicted octanol–water partition coefficient (Wildman–Crippen LogP) is 3.33. The van der Waals surface area contributed by atoms with Crippen LogP contribution in [0.1, 0.15) is 18.0 Å². The molecule has 0 bridgehead atoms. The molecule has 0 spiro atoms. The molecule has 6 nitrogen and oxygen atoms in total.